The predicted octanol–water partition coefficient (Wildman–Crippen LogP) is 5.62. The van der Waals surface area contributed by atoms with Gasteiger partial charge in [0.15, 0.2) is 5.82 Å². The Labute approximate surface area is 222 Å². The molecule has 2 heterocycles. The lowest BCUT2D eigenvalue weighted by Crippen LogP contribution is -2.15. The van der Waals surface area contributed by atoms with E-state index in [2.05, 4.69) is 30.3 Å². The summed E-state index contributed by atoms with van der Waals surface area (Å²) in [5.41, 5.74) is 0.914. The van der Waals surface area contributed by atoms with E-state index in [0.29, 0.717) is 32.9 Å². The van der Waals surface area contributed by atoms with Crippen LogP contribution in [-0.4, -0.2) is 26.9 Å². The molecule has 0 saturated heterocycles. The molecule has 0 fully saturated rings. The molecule has 0 aliphatic carbocycles. The Morgan fingerprint density at radius 1 is 0.949 bits per heavy atom. The summed E-state index contributed by atoms with van der Waals surface area (Å²) in [6, 6.07) is 15.7. The van der Waals surface area contributed by atoms with Crippen molar-refractivity contribution < 1.29 is 27.3 Å². The third kappa shape index (κ3) is 5.70. The largest absolute Gasteiger partial charge is 0.439 e. The van der Waals surface area contributed by atoms with Gasteiger partial charge in [-0.15, -0.1) is 0 Å². The molecule has 0 aliphatic rings. The molecule has 2 amide bonds. The van der Waals surface area contributed by atoms with Crippen LogP contribution in [0, 0.1) is 0 Å². The molecule has 9 nitrogen and oxygen atoms in total. The van der Waals surface area contributed by atoms with E-state index in [0.717, 1.165) is 12.1 Å². The Balaban J connectivity index is 1.36. The summed E-state index contributed by atoms with van der Waals surface area (Å²) in [5.74, 6) is -1.78. The number of amides is 2. The van der Waals surface area contributed by atoms with Gasteiger partial charge in [0, 0.05) is 16.0 Å². The van der Waals surface area contributed by atoms with Crippen molar-refractivity contribution in [2.24, 2.45) is 0 Å². The van der Waals surface area contributed by atoms with Gasteiger partial charge in [0.25, 0.3) is 5.91 Å². The number of hydrogen-bond acceptors (Lipinski definition) is 5. The van der Waals surface area contributed by atoms with Crippen molar-refractivity contribution in [3.8, 4) is 11.4 Å². The normalized spacial score (nSPS) is 11.5. The molecular formula is C26H17ClF3N5O4. The van der Waals surface area contributed by atoms with Crippen molar-refractivity contribution in [1.82, 2.24) is 15.1 Å². The molecule has 5 aromatic rings. The van der Waals surface area contributed by atoms with E-state index in [1.807, 2.05) is 0 Å². The lowest BCUT2D eigenvalue weighted by molar-refractivity contribution is -0.137. The standard InChI is InChI=1S/C26H17ClF3N5O4/c27-16-7-8-18(17(12-16)23-34-25(38)39-35-23)33-24(37)20-11-14-4-2-6-19(22(14)32-20)31-21(36)10-13-3-1-5-15(9-13)26(28,29)30/h1-9,11-12,32H,10H2,(H,31,36)(H,33,37)(H,34,35,38). The van der Waals surface area contributed by atoms with E-state index >= 15 is 0 Å². The van der Waals surface area contributed by atoms with Gasteiger partial charge < -0.3 is 15.6 Å². The minimum Gasteiger partial charge on any atom is -0.349 e. The molecule has 0 saturated carbocycles. The van der Waals surface area contributed by atoms with Gasteiger partial charge in [0.1, 0.15) is 5.69 Å². The van der Waals surface area contributed by atoms with E-state index < -0.39 is 29.3 Å². The molecule has 0 aliphatic heterocycles. The Hall–Kier alpha value is -4.84. The van der Waals surface area contributed by atoms with Gasteiger partial charge in [0.05, 0.1) is 28.9 Å². The minimum atomic E-state index is -4.52. The lowest BCUT2D eigenvalue weighted by atomic mass is 10.1. The van der Waals surface area contributed by atoms with Crippen LogP contribution in [0.1, 0.15) is 21.6 Å². The van der Waals surface area contributed by atoms with Gasteiger partial charge in [-0.25, -0.2) is 4.79 Å². The van der Waals surface area contributed by atoms with Gasteiger partial charge in [-0.05, 0) is 42.0 Å². The summed E-state index contributed by atoms with van der Waals surface area (Å²) in [7, 11) is 0. The fraction of sp³-hybridized carbons (Fsp3) is 0.0769. The van der Waals surface area contributed by atoms with E-state index in [9.17, 15) is 27.6 Å². The van der Waals surface area contributed by atoms with Crippen LogP contribution in [0.5, 0.6) is 0 Å². The smallest absolute Gasteiger partial charge is 0.349 e. The quantitative estimate of drug-likeness (QED) is 0.216. The summed E-state index contributed by atoms with van der Waals surface area (Å²) in [6.45, 7) is 0. The summed E-state index contributed by atoms with van der Waals surface area (Å²) < 4.78 is 43.5. The maximum Gasteiger partial charge on any atom is 0.439 e. The number of aromatic amines is 2. The number of benzene rings is 3. The average molecular weight is 556 g/mol. The molecule has 0 unspecified atom stereocenters. The second-order valence-electron chi connectivity index (χ2n) is 8.46. The fourth-order valence-corrected chi connectivity index (χ4v) is 4.15. The maximum absolute atomic E-state index is 13.1. The number of hydrogen-bond donors (Lipinski definition) is 4. The van der Waals surface area contributed by atoms with E-state index in [4.69, 9.17) is 11.6 Å². The third-order valence-electron chi connectivity index (χ3n) is 5.72. The Morgan fingerprint density at radius 3 is 2.49 bits per heavy atom. The number of anilines is 2. The molecule has 3 aromatic carbocycles. The van der Waals surface area contributed by atoms with Crippen molar-refractivity contribution in [3.63, 3.8) is 0 Å². The summed E-state index contributed by atoms with van der Waals surface area (Å²) in [4.78, 5) is 42.5. The first-order chi connectivity index (χ1) is 18.6. The van der Waals surface area contributed by atoms with E-state index in [-0.39, 0.29) is 23.5 Å². The minimum absolute atomic E-state index is 0.0696. The number of alkyl halides is 3. The van der Waals surface area contributed by atoms with Crippen LogP contribution >= 0.6 is 11.6 Å². The van der Waals surface area contributed by atoms with Crippen molar-refractivity contribution >= 4 is 45.7 Å². The molecule has 13 heteroatoms. The molecular weight excluding hydrogens is 539 g/mol. The molecule has 198 valence electrons. The summed E-state index contributed by atoms with van der Waals surface area (Å²) in [6.07, 6.45) is -4.80. The number of carbonyl (C=O) groups is 2. The van der Waals surface area contributed by atoms with Crippen molar-refractivity contribution in [3.05, 3.63) is 99.1 Å². The number of para-hydroxylation sites is 1. The highest BCUT2D eigenvalue weighted by Gasteiger charge is 2.30. The molecule has 0 radical (unpaired) electrons. The van der Waals surface area contributed by atoms with Gasteiger partial charge in [-0.3, -0.25) is 19.1 Å². The number of nitrogens with one attached hydrogen (secondary N) is 4. The molecule has 4 N–H and O–H groups in total. The molecule has 5 rings (SSSR count). The number of halogens is 4. The average Bonchev–Trinajstić information content (AvgIpc) is 3.52. The summed E-state index contributed by atoms with van der Waals surface area (Å²) >= 11 is 6.06. The molecule has 0 atom stereocenters. The second-order valence-corrected chi connectivity index (χ2v) is 8.90. The number of fused-ring (bicyclic) bond motifs is 1. The first kappa shape index (κ1) is 25.8. The Bertz CT molecular complexity index is 1770. The van der Waals surface area contributed by atoms with Crippen LogP contribution in [0.2, 0.25) is 5.02 Å². The molecule has 2 aromatic heterocycles. The number of H-pyrrole nitrogens is 2. The van der Waals surface area contributed by atoms with Crippen LogP contribution in [0.15, 0.2) is 76.0 Å². The first-order valence-electron chi connectivity index (χ1n) is 11.3. The fourth-order valence-electron chi connectivity index (χ4n) is 3.98. The number of carbonyl (C=O) groups excluding carboxylic acids is 2. The highest BCUT2D eigenvalue weighted by molar-refractivity contribution is 6.31. The van der Waals surface area contributed by atoms with Crippen molar-refractivity contribution in [2.45, 2.75) is 12.6 Å². The van der Waals surface area contributed by atoms with Crippen molar-refractivity contribution in [2.75, 3.05) is 10.6 Å². The topological polar surface area (TPSA) is 133 Å². The van der Waals surface area contributed by atoms with Crippen LogP contribution in [0.4, 0.5) is 24.5 Å². The van der Waals surface area contributed by atoms with Gasteiger partial charge >= 0.3 is 11.9 Å². The number of nitrogens with zero attached hydrogens (tertiary/aromatic N) is 1. The van der Waals surface area contributed by atoms with Crippen LogP contribution < -0.4 is 16.4 Å². The Morgan fingerprint density at radius 2 is 1.74 bits per heavy atom. The third-order valence-corrected chi connectivity index (χ3v) is 5.95. The highest BCUT2D eigenvalue weighted by atomic mass is 35.5. The zero-order valence-corrected chi connectivity index (χ0v) is 20.4. The second kappa shape index (κ2) is 10.1. The van der Waals surface area contributed by atoms with E-state index in [1.165, 1.54) is 24.3 Å². The number of aromatic nitrogens is 3. The van der Waals surface area contributed by atoms with Gasteiger partial charge in [-0.2, -0.15) is 13.2 Å². The number of rotatable bonds is 6. The maximum atomic E-state index is 13.1. The molecule has 0 spiro atoms. The van der Waals surface area contributed by atoms with Crippen molar-refractivity contribution in [1.29, 1.82) is 0 Å². The van der Waals surface area contributed by atoms with Crippen LogP contribution in [0.25, 0.3) is 22.3 Å². The zero-order valence-electron chi connectivity index (χ0n) is 19.7. The Kier molecular flexibility index (Phi) is 6.71. The SMILES string of the molecule is O=C(Cc1cccc(C(F)(F)F)c1)Nc1cccc2cc(C(=O)Nc3ccc(Cl)cc3-c3noc(=O)[nH]3)[nH]c12. The van der Waals surface area contributed by atoms with Gasteiger partial charge in [0.2, 0.25) is 5.91 Å². The highest BCUT2D eigenvalue weighted by Crippen LogP contribution is 2.31. The summed E-state index contributed by atoms with van der Waals surface area (Å²) in [5, 5.41) is 9.98. The predicted molar refractivity (Wildman–Crippen MR) is 138 cm³/mol. The first-order valence-corrected chi connectivity index (χ1v) is 11.7. The molecule has 39 heavy (non-hydrogen) atoms. The van der Waals surface area contributed by atoms with Crippen LogP contribution in [-0.2, 0) is 17.4 Å². The monoisotopic (exact) mass is 555 g/mol. The lowest BCUT2D eigenvalue weighted by Gasteiger charge is -2.10. The molecule has 0 bridgehead atoms. The zero-order chi connectivity index (χ0) is 27.7. The van der Waals surface area contributed by atoms with Gasteiger partial charge in [-0.1, -0.05) is 47.1 Å². The van der Waals surface area contributed by atoms with Crippen LogP contribution in [0.3, 0.4) is 0 Å². The van der Waals surface area contributed by atoms with E-state index in [1.54, 1.807) is 30.3 Å².